The van der Waals surface area contributed by atoms with Crippen molar-refractivity contribution in [2.24, 2.45) is 11.3 Å². The molecular weight excluding hydrogens is 474 g/mol. The minimum Gasteiger partial charge on any atom is -0.497 e. The monoisotopic (exact) mass is 511 g/mol. The molecule has 5 rings (SSSR count). The van der Waals surface area contributed by atoms with Crippen molar-refractivity contribution in [3.05, 3.63) is 54.1 Å². The van der Waals surface area contributed by atoms with Crippen molar-refractivity contribution >= 4 is 15.8 Å². The fraction of sp³-hybridized carbons (Fsp3) is 0.552. The molecule has 0 bridgehead atoms. The molecule has 1 saturated carbocycles. The maximum Gasteiger partial charge on any atom is 0.243 e. The molecule has 7 heteroatoms. The zero-order valence-electron chi connectivity index (χ0n) is 21.2. The Balaban J connectivity index is 1.14. The Morgan fingerprint density at radius 2 is 1.81 bits per heavy atom. The number of carbonyl (C=O) groups excluding carboxylic acids is 1. The van der Waals surface area contributed by atoms with Crippen LogP contribution in [0.3, 0.4) is 0 Å². The van der Waals surface area contributed by atoms with E-state index in [-0.39, 0.29) is 11.3 Å². The Kier molecular flexibility index (Phi) is 7.40. The first kappa shape index (κ1) is 25.3. The van der Waals surface area contributed by atoms with Crippen LogP contribution >= 0.6 is 0 Å². The molecule has 194 valence electrons. The van der Waals surface area contributed by atoms with E-state index < -0.39 is 10.0 Å². The van der Waals surface area contributed by atoms with E-state index >= 15 is 0 Å². The quantitative estimate of drug-likeness (QED) is 0.486. The highest BCUT2D eigenvalue weighted by atomic mass is 32.2. The van der Waals surface area contributed by atoms with Crippen molar-refractivity contribution in [1.82, 2.24) is 4.31 Å². The Morgan fingerprint density at radius 3 is 2.56 bits per heavy atom. The van der Waals surface area contributed by atoms with Crippen LogP contribution in [-0.2, 0) is 14.8 Å². The molecular formula is C29H37NO5S. The summed E-state index contributed by atoms with van der Waals surface area (Å²) in [6.07, 6.45) is 8.54. The Labute approximate surface area is 215 Å². The Hall–Kier alpha value is -2.38. The van der Waals surface area contributed by atoms with Gasteiger partial charge in [0, 0.05) is 31.0 Å². The Bertz CT molecular complexity index is 1170. The summed E-state index contributed by atoms with van der Waals surface area (Å²) < 4.78 is 38.9. The summed E-state index contributed by atoms with van der Waals surface area (Å²) in [4.78, 5) is 13.6. The number of benzene rings is 2. The lowest BCUT2D eigenvalue weighted by molar-refractivity contribution is -0.121. The highest BCUT2D eigenvalue weighted by Crippen LogP contribution is 2.51. The van der Waals surface area contributed by atoms with Crippen LogP contribution in [0.2, 0.25) is 0 Å². The van der Waals surface area contributed by atoms with Crippen LogP contribution in [0.1, 0.15) is 69.3 Å². The zero-order valence-corrected chi connectivity index (χ0v) is 22.0. The largest absolute Gasteiger partial charge is 0.497 e. The lowest BCUT2D eigenvalue weighted by atomic mass is 9.76. The smallest absolute Gasteiger partial charge is 0.243 e. The number of piperidine rings is 1. The summed E-state index contributed by atoms with van der Waals surface area (Å²) in [6.45, 7) is 1.81. The van der Waals surface area contributed by atoms with Crippen LogP contribution in [0.5, 0.6) is 11.5 Å². The van der Waals surface area contributed by atoms with E-state index in [1.54, 1.807) is 35.7 Å². The maximum atomic E-state index is 13.2. The van der Waals surface area contributed by atoms with Gasteiger partial charge in [0.2, 0.25) is 10.0 Å². The number of ketones is 1. The first-order valence-electron chi connectivity index (χ1n) is 13.3. The summed E-state index contributed by atoms with van der Waals surface area (Å²) >= 11 is 0. The number of para-hydroxylation sites is 1. The number of Topliss-reactive ketones (excluding diaryl/α,β-unsaturated/α-hetero) is 1. The molecule has 2 aromatic rings. The summed E-state index contributed by atoms with van der Waals surface area (Å²) in [5.74, 6) is 2.36. The van der Waals surface area contributed by atoms with Gasteiger partial charge in [0.05, 0.1) is 18.6 Å². The second kappa shape index (κ2) is 10.5. The van der Waals surface area contributed by atoms with E-state index in [1.807, 2.05) is 24.3 Å². The third-order valence-electron chi connectivity index (χ3n) is 8.66. The molecule has 0 amide bonds. The average molecular weight is 512 g/mol. The first-order chi connectivity index (χ1) is 17.4. The highest BCUT2D eigenvalue weighted by Gasteiger charge is 2.43. The molecule has 0 N–H and O–H groups in total. The molecule has 0 radical (unpaired) electrons. The predicted octanol–water partition coefficient (Wildman–Crippen LogP) is 5.57. The SMILES string of the molecule is COc1ccc(S(=O)(=O)N2CCC3(CCC(CCC(=O)C4CCCOc5ccccc54)C3)CC2)cc1. The van der Waals surface area contributed by atoms with Crippen molar-refractivity contribution in [2.75, 3.05) is 26.8 Å². The van der Waals surface area contributed by atoms with Gasteiger partial charge < -0.3 is 9.47 Å². The van der Waals surface area contributed by atoms with Crippen LogP contribution < -0.4 is 9.47 Å². The summed E-state index contributed by atoms with van der Waals surface area (Å²) in [7, 11) is -1.91. The van der Waals surface area contributed by atoms with E-state index in [4.69, 9.17) is 9.47 Å². The fourth-order valence-electron chi connectivity index (χ4n) is 6.50. The zero-order chi connectivity index (χ0) is 25.2. The average Bonchev–Trinajstić information content (AvgIpc) is 3.16. The van der Waals surface area contributed by atoms with Crippen LogP contribution in [0.15, 0.2) is 53.4 Å². The summed E-state index contributed by atoms with van der Waals surface area (Å²) in [5, 5.41) is 0. The van der Waals surface area contributed by atoms with Crippen molar-refractivity contribution in [1.29, 1.82) is 0 Å². The van der Waals surface area contributed by atoms with Crippen LogP contribution in [0.25, 0.3) is 0 Å². The lowest BCUT2D eigenvalue weighted by Crippen LogP contribution is -2.42. The summed E-state index contributed by atoms with van der Waals surface area (Å²) in [6, 6.07) is 14.6. The third kappa shape index (κ3) is 5.18. The van der Waals surface area contributed by atoms with E-state index in [0.717, 1.165) is 62.7 Å². The first-order valence-corrected chi connectivity index (χ1v) is 14.7. The number of hydrogen-bond acceptors (Lipinski definition) is 5. The minimum absolute atomic E-state index is 0.0505. The number of methoxy groups -OCH3 is 1. The molecule has 2 aliphatic heterocycles. The number of rotatable bonds is 7. The molecule has 36 heavy (non-hydrogen) atoms. The molecule has 2 heterocycles. The lowest BCUT2D eigenvalue weighted by Gasteiger charge is -2.39. The molecule has 3 aliphatic rings. The van der Waals surface area contributed by atoms with Gasteiger partial charge in [0.15, 0.2) is 0 Å². The van der Waals surface area contributed by atoms with E-state index in [9.17, 15) is 13.2 Å². The minimum atomic E-state index is -3.49. The molecule has 1 aliphatic carbocycles. The van der Waals surface area contributed by atoms with Gasteiger partial charge in [-0.1, -0.05) is 18.2 Å². The number of carbonyl (C=O) groups is 1. The van der Waals surface area contributed by atoms with Gasteiger partial charge in [-0.25, -0.2) is 8.42 Å². The molecule has 2 unspecified atom stereocenters. The molecule has 1 spiro atoms. The number of sulfonamides is 1. The van der Waals surface area contributed by atoms with Crippen molar-refractivity contribution in [2.45, 2.75) is 68.6 Å². The molecule has 2 fully saturated rings. The molecule has 2 aromatic carbocycles. The number of hydrogen-bond donors (Lipinski definition) is 0. The van der Waals surface area contributed by atoms with Gasteiger partial charge in [0.25, 0.3) is 0 Å². The fourth-order valence-corrected chi connectivity index (χ4v) is 7.95. The topological polar surface area (TPSA) is 72.9 Å². The van der Waals surface area contributed by atoms with Crippen LogP contribution in [0.4, 0.5) is 0 Å². The number of fused-ring (bicyclic) bond motifs is 1. The van der Waals surface area contributed by atoms with E-state index in [1.165, 1.54) is 0 Å². The normalized spacial score (nSPS) is 24.0. The molecule has 2 atom stereocenters. The van der Waals surface area contributed by atoms with Gasteiger partial charge >= 0.3 is 0 Å². The van der Waals surface area contributed by atoms with Crippen LogP contribution in [0, 0.1) is 11.3 Å². The number of nitrogens with zero attached hydrogens (tertiary/aromatic N) is 1. The van der Waals surface area contributed by atoms with E-state index in [0.29, 0.717) is 48.5 Å². The Morgan fingerprint density at radius 1 is 1.06 bits per heavy atom. The van der Waals surface area contributed by atoms with Crippen molar-refractivity contribution < 1.29 is 22.7 Å². The highest BCUT2D eigenvalue weighted by molar-refractivity contribution is 7.89. The third-order valence-corrected chi connectivity index (χ3v) is 10.6. The van der Waals surface area contributed by atoms with Crippen molar-refractivity contribution in [3.8, 4) is 11.5 Å². The van der Waals surface area contributed by atoms with Gasteiger partial charge in [-0.15, -0.1) is 0 Å². The van der Waals surface area contributed by atoms with Crippen LogP contribution in [-0.4, -0.2) is 45.3 Å². The molecule has 1 saturated heterocycles. The maximum absolute atomic E-state index is 13.2. The van der Waals surface area contributed by atoms with Gasteiger partial charge in [-0.05, 0) is 93.0 Å². The molecule has 0 aromatic heterocycles. The number of ether oxygens (including phenoxy) is 2. The van der Waals surface area contributed by atoms with E-state index in [2.05, 4.69) is 0 Å². The second-order valence-corrected chi connectivity index (χ2v) is 12.7. The predicted molar refractivity (Wildman–Crippen MR) is 139 cm³/mol. The second-order valence-electron chi connectivity index (χ2n) is 10.8. The van der Waals surface area contributed by atoms with Gasteiger partial charge in [-0.3, -0.25) is 4.79 Å². The van der Waals surface area contributed by atoms with Gasteiger partial charge in [0.1, 0.15) is 17.3 Å². The molecule has 6 nitrogen and oxygen atoms in total. The standard InChI is InChI=1S/C29H37NO5S/c1-34-23-9-11-24(12-10-23)36(32,33)30-18-16-29(17-19-30)15-14-22(21-29)8-13-27(31)25-6-4-20-35-28-7-3-2-5-26(25)28/h2-3,5,7,9-12,22,25H,4,6,8,13-21H2,1H3. The summed E-state index contributed by atoms with van der Waals surface area (Å²) in [5.41, 5.74) is 1.27. The van der Waals surface area contributed by atoms with Crippen molar-refractivity contribution in [3.63, 3.8) is 0 Å². The van der Waals surface area contributed by atoms with Gasteiger partial charge in [-0.2, -0.15) is 4.31 Å².